The van der Waals surface area contributed by atoms with E-state index in [4.69, 9.17) is 4.74 Å². The Morgan fingerprint density at radius 3 is 2.38 bits per heavy atom. The molecule has 6 nitrogen and oxygen atoms in total. The molecule has 6 heteroatoms. The molecule has 0 saturated carbocycles. The topological polar surface area (TPSA) is 75.7 Å². The molecule has 1 N–H and O–H groups in total. The van der Waals surface area contributed by atoms with Crippen molar-refractivity contribution in [1.29, 1.82) is 0 Å². The third-order valence-corrected chi connectivity index (χ3v) is 4.06. The van der Waals surface area contributed by atoms with Crippen molar-refractivity contribution in [3.63, 3.8) is 0 Å². The number of imide groups is 1. The quantitative estimate of drug-likeness (QED) is 0.777. The Bertz CT molecular complexity index is 812. The van der Waals surface area contributed by atoms with Gasteiger partial charge in [0.2, 0.25) is 5.91 Å². The molecule has 26 heavy (non-hydrogen) atoms. The first kappa shape index (κ1) is 17.7. The third-order valence-electron chi connectivity index (χ3n) is 4.06. The maximum absolute atomic E-state index is 12.3. The molecule has 0 atom stereocenters. The van der Waals surface area contributed by atoms with Crippen LogP contribution in [0.3, 0.4) is 0 Å². The average molecular weight is 352 g/mol. The number of carbonyl (C=O) groups is 3. The highest BCUT2D eigenvalue weighted by atomic mass is 16.5. The smallest absolute Gasteiger partial charge is 0.261 e. The molecule has 2 aromatic carbocycles. The monoisotopic (exact) mass is 352 g/mol. The largest absolute Gasteiger partial charge is 0.492 e. The molecule has 2 aromatic rings. The summed E-state index contributed by atoms with van der Waals surface area (Å²) in [5, 5.41) is 2.80. The molecule has 1 aliphatic heterocycles. The number of benzene rings is 2. The van der Waals surface area contributed by atoms with Gasteiger partial charge in [-0.2, -0.15) is 0 Å². The minimum Gasteiger partial charge on any atom is -0.492 e. The lowest BCUT2D eigenvalue weighted by atomic mass is 10.1. The standard InChI is InChI=1S/C20H20N2O4/c1-2-6-18(23)21-14-7-5-8-15(13-14)26-12-11-22-19(24)16-9-3-4-10-17(16)20(22)25/h3-5,7-10,13H,2,6,11-12H2,1H3,(H,21,23). The second-order valence-electron chi connectivity index (χ2n) is 5.98. The summed E-state index contributed by atoms with van der Waals surface area (Å²) >= 11 is 0. The highest BCUT2D eigenvalue weighted by molar-refractivity contribution is 6.21. The van der Waals surface area contributed by atoms with Crippen LogP contribution in [0.1, 0.15) is 40.5 Å². The fourth-order valence-electron chi connectivity index (χ4n) is 2.81. The molecule has 3 rings (SSSR count). The van der Waals surface area contributed by atoms with Gasteiger partial charge in [0.15, 0.2) is 0 Å². The van der Waals surface area contributed by atoms with E-state index in [0.717, 1.165) is 6.42 Å². The van der Waals surface area contributed by atoms with Crippen LogP contribution in [-0.2, 0) is 4.79 Å². The van der Waals surface area contributed by atoms with E-state index in [1.54, 1.807) is 48.5 Å². The minimum atomic E-state index is -0.297. The average Bonchev–Trinajstić information content (AvgIpc) is 2.87. The SMILES string of the molecule is CCCC(=O)Nc1cccc(OCCN2C(=O)c3ccccc3C2=O)c1. The van der Waals surface area contributed by atoms with E-state index in [0.29, 0.717) is 29.0 Å². The summed E-state index contributed by atoms with van der Waals surface area (Å²) in [6.07, 6.45) is 1.24. The van der Waals surface area contributed by atoms with Gasteiger partial charge < -0.3 is 10.1 Å². The number of carbonyl (C=O) groups excluding carboxylic acids is 3. The number of nitrogens with zero attached hydrogens (tertiary/aromatic N) is 1. The molecule has 3 amide bonds. The molecule has 0 aliphatic carbocycles. The van der Waals surface area contributed by atoms with Crippen molar-refractivity contribution in [2.75, 3.05) is 18.5 Å². The van der Waals surface area contributed by atoms with Crippen LogP contribution in [0.15, 0.2) is 48.5 Å². The zero-order valence-electron chi connectivity index (χ0n) is 14.5. The minimum absolute atomic E-state index is 0.0457. The Hall–Kier alpha value is -3.15. The maximum atomic E-state index is 12.3. The lowest BCUT2D eigenvalue weighted by molar-refractivity contribution is -0.116. The van der Waals surface area contributed by atoms with Crippen LogP contribution in [0.25, 0.3) is 0 Å². The van der Waals surface area contributed by atoms with Gasteiger partial charge in [-0.05, 0) is 30.7 Å². The predicted octanol–water partition coefficient (Wildman–Crippen LogP) is 3.10. The molecule has 1 heterocycles. The molecular weight excluding hydrogens is 332 g/mol. The molecule has 0 bridgehead atoms. The van der Waals surface area contributed by atoms with Crippen LogP contribution >= 0.6 is 0 Å². The van der Waals surface area contributed by atoms with Crippen molar-refractivity contribution >= 4 is 23.4 Å². The molecule has 1 aliphatic rings. The Morgan fingerprint density at radius 1 is 1.04 bits per heavy atom. The normalized spacial score (nSPS) is 12.9. The Morgan fingerprint density at radius 2 is 1.73 bits per heavy atom. The molecule has 0 saturated heterocycles. The zero-order valence-corrected chi connectivity index (χ0v) is 14.5. The van der Waals surface area contributed by atoms with Gasteiger partial charge in [-0.1, -0.05) is 25.1 Å². The summed E-state index contributed by atoms with van der Waals surface area (Å²) in [6, 6.07) is 13.8. The summed E-state index contributed by atoms with van der Waals surface area (Å²) in [6.45, 7) is 2.29. The molecule has 134 valence electrons. The highest BCUT2D eigenvalue weighted by Crippen LogP contribution is 2.22. The number of fused-ring (bicyclic) bond motifs is 1. The highest BCUT2D eigenvalue weighted by Gasteiger charge is 2.34. The van der Waals surface area contributed by atoms with Crippen LogP contribution in [0.4, 0.5) is 5.69 Å². The van der Waals surface area contributed by atoms with E-state index in [1.807, 2.05) is 6.92 Å². The Kier molecular flexibility index (Phi) is 5.31. The lowest BCUT2D eigenvalue weighted by Crippen LogP contribution is -2.33. The Labute approximate surface area is 151 Å². The van der Waals surface area contributed by atoms with Crippen LogP contribution in [0.2, 0.25) is 0 Å². The number of amides is 3. The number of hydrogen-bond donors (Lipinski definition) is 1. The van der Waals surface area contributed by atoms with Crippen LogP contribution < -0.4 is 10.1 Å². The number of rotatable bonds is 7. The van der Waals surface area contributed by atoms with Crippen LogP contribution in [-0.4, -0.2) is 35.8 Å². The van der Waals surface area contributed by atoms with Crippen molar-refractivity contribution in [3.8, 4) is 5.75 Å². The number of hydrogen-bond acceptors (Lipinski definition) is 4. The summed E-state index contributed by atoms with van der Waals surface area (Å²) in [5.41, 5.74) is 1.51. The van der Waals surface area contributed by atoms with Gasteiger partial charge in [-0.15, -0.1) is 0 Å². The summed E-state index contributed by atoms with van der Waals surface area (Å²) < 4.78 is 5.65. The van der Waals surface area contributed by atoms with E-state index in [9.17, 15) is 14.4 Å². The number of anilines is 1. The fourth-order valence-corrected chi connectivity index (χ4v) is 2.81. The summed E-state index contributed by atoms with van der Waals surface area (Å²) in [4.78, 5) is 37.4. The molecular formula is C20H20N2O4. The van der Waals surface area contributed by atoms with Gasteiger partial charge in [-0.25, -0.2) is 0 Å². The van der Waals surface area contributed by atoms with Crippen molar-refractivity contribution in [3.05, 3.63) is 59.7 Å². The van der Waals surface area contributed by atoms with Crippen LogP contribution in [0, 0.1) is 0 Å². The Balaban J connectivity index is 1.57. The number of ether oxygens (including phenoxy) is 1. The number of nitrogens with one attached hydrogen (secondary N) is 1. The molecule has 0 radical (unpaired) electrons. The van der Waals surface area contributed by atoms with E-state index in [2.05, 4.69) is 5.32 Å². The molecule has 0 fully saturated rings. The molecule has 0 spiro atoms. The summed E-state index contributed by atoms with van der Waals surface area (Å²) in [7, 11) is 0. The first-order chi connectivity index (χ1) is 12.6. The van der Waals surface area contributed by atoms with Gasteiger partial charge in [0.1, 0.15) is 12.4 Å². The van der Waals surface area contributed by atoms with Gasteiger partial charge in [0.05, 0.1) is 17.7 Å². The first-order valence-electron chi connectivity index (χ1n) is 8.58. The fraction of sp³-hybridized carbons (Fsp3) is 0.250. The van der Waals surface area contributed by atoms with Crippen molar-refractivity contribution < 1.29 is 19.1 Å². The van der Waals surface area contributed by atoms with Crippen molar-refractivity contribution in [2.24, 2.45) is 0 Å². The van der Waals surface area contributed by atoms with E-state index in [1.165, 1.54) is 4.90 Å². The van der Waals surface area contributed by atoms with E-state index in [-0.39, 0.29) is 30.9 Å². The molecule has 0 unspecified atom stereocenters. The maximum Gasteiger partial charge on any atom is 0.261 e. The first-order valence-corrected chi connectivity index (χ1v) is 8.58. The van der Waals surface area contributed by atoms with Gasteiger partial charge in [-0.3, -0.25) is 19.3 Å². The second-order valence-corrected chi connectivity index (χ2v) is 5.98. The van der Waals surface area contributed by atoms with Crippen molar-refractivity contribution in [1.82, 2.24) is 4.90 Å². The lowest BCUT2D eigenvalue weighted by Gasteiger charge is -2.15. The second kappa shape index (κ2) is 7.82. The van der Waals surface area contributed by atoms with Crippen LogP contribution in [0.5, 0.6) is 5.75 Å². The van der Waals surface area contributed by atoms with Gasteiger partial charge in [0.25, 0.3) is 11.8 Å². The third kappa shape index (κ3) is 3.74. The zero-order chi connectivity index (χ0) is 18.5. The van der Waals surface area contributed by atoms with Gasteiger partial charge in [0, 0.05) is 18.2 Å². The summed E-state index contributed by atoms with van der Waals surface area (Å²) in [5.74, 6) is -0.0730. The molecule has 0 aromatic heterocycles. The van der Waals surface area contributed by atoms with E-state index < -0.39 is 0 Å². The van der Waals surface area contributed by atoms with Gasteiger partial charge >= 0.3 is 0 Å². The van der Waals surface area contributed by atoms with E-state index >= 15 is 0 Å². The predicted molar refractivity (Wildman–Crippen MR) is 97.3 cm³/mol. The van der Waals surface area contributed by atoms with Crippen molar-refractivity contribution in [2.45, 2.75) is 19.8 Å².